The quantitative estimate of drug-likeness (QED) is 0.655. The normalized spacial score (nSPS) is 16.5. The van der Waals surface area contributed by atoms with Crippen molar-refractivity contribution in [2.75, 3.05) is 10.6 Å². The molecule has 2 atom stereocenters. The van der Waals surface area contributed by atoms with Crippen LogP contribution in [0.15, 0.2) is 72.8 Å². The summed E-state index contributed by atoms with van der Waals surface area (Å²) in [4.78, 5) is 31.1. The lowest BCUT2D eigenvalue weighted by Gasteiger charge is -2.36. The number of carboxylic acid groups (broad SMARTS) is 1. The summed E-state index contributed by atoms with van der Waals surface area (Å²) < 4.78 is 5.91. The summed E-state index contributed by atoms with van der Waals surface area (Å²) in [6.45, 7) is 0. The fraction of sp³-hybridized carbons (Fsp3) is 0.174. The van der Waals surface area contributed by atoms with Crippen LogP contribution in [0.25, 0.3) is 0 Å². The number of amides is 1. The number of aryl methyl sites for hydroxylation is 1. The summed E-state index contributed by atoms with van der Waals surface area (Å²) >= 11 is 0. The molecule has 0 aliphatic carbocycles. The first kappa shape index (κ1) is 19.4. The number of benzene rings is 2. The largest absolute Gasteiger partial charge is 0.480 e. The lowest BCUT2D eigenvalue weighted by atomic mass is 10.0. The van der Waals surface area contributed by atoms with Crippen LogP contribution in [0.3, 0.4) is 0 Å². The number of carboxylic acids is 1. The smallest absolute Gasteiger partial charge is 0.326 e. The number of pyridine rings is 1. The van der Waals surface area contributed by atoms with Crippen LogP contribution >= 0.6 is 0 Å². The maximum Gasteiger partial charge on any atom is 0.326 e. The molecule has 7 heteroatoms. The number of aliphatic carboxylic acids is 1. The molecule has 0 saturated heterocycles. The maximum absolute atomic E-state index is 13.4. The van der Waals surface area contributed by atoms with Gasteiger partial charge in [-0.1, -0.05) is 60.7 Å². The molecule has 1 aliphatic rings. The van der Waals surface area contributed by atoms with Gasteiger partial charge in [-0.3, -0.25) is 9.69 Å². The molecule has 0 saturated carbocycles. The van der Waals surface area contributed by atoms with Crippen molar-refractivity contribution in [1.82, 2.24) is 4.98 Å². The summed E-state index contributed by atoms with van der Waals surface area (Å²) in [5.41, 5.74) is 7.46. The molecule has 0 fully saturated rings. The molecule has 1 amide bonds. The van der Waals surface area contributed by atoms with Crippen LogP contribution < -0.4 is 15.4 Å². The zero-order chi connectivity index (χ0) is 21.1. The van der Waals surface area contributed by atoms with Crippen LogP contribution in [0.4, 0.5) is 11.6 Å². The summed E-state index contributed by atoms with van der Waals surface area (Å²) in [5, 5.41) is 9.98. The van der Waals surface area contributed by atoms with Gasteiger partial charge in [-0.05, 0) is 30.5 Å². The second-order valence-corrected chi connectivity index (χ2v) is 7.05. The van der Waals surface area contributed by atoms with Gasteiger partial charge in [0.2, 0.25) is 6.10 Å². The van der Waals surface area contributed by atoms with Crippen LogP contribution in [-0.2, 0) is 16.0 Å². The van der Waals surface area contributed by atoms with Gasteiger partial charge < -0.3 is 15.6 Å². The molecular formula is C23H21N3O4. The number of carbonyl (C=O) groups is 2. The Morgan fingerprint density at radius 1 is 1.07 bits per heavy atom. The third-order valence-corrected chi connectivity index (χ3v) is 5.04. The maximum atomic E-state index is 13.4. The van der Waals surface area contributed by atoms with Gasteiger partial charge in [0.25, 0.3) is 5.91 Å². The van der Waals surface area contributed by atoms with E-state index in [0.717, 1.165) is 5.56 Å². The fourth-order valence-electron chi connectivity index (χ4n) is 3.57. The van der Waals surface area contributed by atoms with Gasteiger partial charge >= 0.3 is 5.97 Å². The number of ether oxygens (including phenoxy) is 1. The summed E-state index contributed by atoms with van der Waals surface area (Å²) in [6, 6.07) is 20.6. The second-order valence-electron chi connectivity index (χ2n) is 7.05. The molecule has 3 N–H and O–H groups in total. The molecule has 7 nitrogen and oxygen atoms in total. The summed E-state index contributed by atoms with van der Waals surface area (Å²) in [7, 11) is 0. The van der Waals surface area contributed by atoms with Crippen LogP contribution in [0.2, 0.25) is 0 Å². The van der Waals surface area contributed by atoms with Crippen molar-refractivity contribution < 1.29 is 19.4 Å². The molecule has 3 aromatic rings. The lowest BCUT2D eigenvalue weighted by Crippen LogP contribution is -2.51. The number of carbonyl (C=O) groups excluding carboxylic acids is 1. The third kappa shape index (κ3) is 3.82. The minimum absolute atomic E-state index is 0.132. The molecule has 30 heavy (non-hydrogen) atoms. The highest BCUT2D eigenvalue weighted by atomic mass is 16.5. The molecule has 2 aromatic carbocycles. The standard InChI is InChI=1S/C23H21N3O4/c24-19-14-13-18-21(25-19)26(22(27)20(30-18)16-9-5-2-6-10-16)17(23(28)29)12-11-15-7-3-1-4-8-15/h1-10,13-14,17,20H,11-12H2,(H2,24,25)(H,28,29). The number of hydrogen-bond acceptors (Lipinski definition) is 5. The lowest BCUT2D eigenvalue weighted by molar-refractivity contribution is -0.141. The molecule has 2 heterocycles. The highest BCUT2D eigenvalue weighted by molar-refractivity contribution is 6.04. The average Bonchev–Trinajstić information content (AvgIpc) is 2.76. The second kappa shape index (κ2) is 8.24. The monoisotopic (exact) mass is 403 g/mol. The van der Waals surface area contributed by atoms with Gasteiger partial charge in [-0.15, -0.1) is 0 Å². The molecule has 1 aromatic heterocycles. The Labute approximate surface area is 173 Å². The SMILES string of the molecule is Nc1ccc2c(n1)N(C(CCc1ccccc1)C(=O)O)C(=O)C(c1ccccc1)O2. The minimum Gasteiger partial charge on any atom is -0.480 e. The Morgan fingerprint density at radius 2 is 1.73 bits per heavy atom. The van der Waals surface area contributed by atoms with E-state index in [9.17, 15) is 14.7 Å². The van der Waals surface area contributed by atoms with E-state index in [1.165, 1.54) is 4.90 Å². The van der Waals surface area contributed by atoms with Crippen molar-refractivity contribution in [3.8, 4) is 5.75 Å². The van der Waals surface area contributed by atoms with Gasteiger partial charge in [0.15, 0.2) is 11.6 Å². The number of anilines is 2. The number of nitrogen functional groups attached to an aromatic ring is 1. The minimum atomic E-state index is -1.11. The molecule has 0 radical (unpaired) electrons. The van der Waals surface area contributed by atoms with E-state index in [-0.39, 0.29) is 18.1 Å². The van der Waals surface area contributed by atoms with Crippen molar-refractivity contribution in [1.29, 1.82) is 0 Å². The predicted octanol–water partition coefficient (Wildman–Crippen LogP) is 3.22. The van der Waals surface area contributed by atoms with Crippen molar-refractivity contribution in [2.45, 2.75) is 25.0 Å². The number of hydrogen-bond donors (Lipinski definition) is 2. The Balaban J connectivity index is 1.73. The zero-order valence-corrected chi connectivity index (χ0v) is 16.1. The first-order valence-electron chi connectivity index (χ1n) is 9.62. The first-order chi connectivity index (χ1) is 14.5. The van der Waals surface area contributed by atoms with E-state index >= 15 is 0 Å². The van der Waals surface area contributed by atoms with Crippen LogP contribution in [0.1, 0.15) is 23.7 Å². The van der Waals surface area contributed by atoms with E-state index < -0.39 is 24.0 Å². The first-order valence-corrected chi connectivity index (χ1v) is 9.62. The molecule has 0 spiro atoms. The number of aromatic nitrogens is 1. The van der Waals surface area contributed by atoms with Gasteiger partial charge in [-0.25, -0.2) is 9.78 Å². The van der Waals surface area contributed by atoms with E-state index in [2.05, 4.69) is 4.98 Å². The van der Waals surface area contributed by atoms with Crippen LogP contribution in [-0.4, -0.2) is 28.0 Å². The molecule has 1 aliphatic heterocycles. The highest BCUT2D eigenvalue weighted by Gasteiger charge is 2.42. The Hall–Kier alpha value is -3.87. The van der Waals surface area contributed by atoms with E-state index in [4.69, 9.17) is 10.5 Å². The Kier molecular flexibility index (Phi) is 5.34. The summed E-state index contributed by atoms with van der Waals surface area (Å²) in [6.07, 6.45) is -0.235. The van der Waals surface area contributed by atoms with Crippen LogP contribution in [0.5, 0.6) is 5.75 Å². The third-order valence-electron chi connectivity index (χ3n) is 5.04. The van der Waals surface area contributed by atoms with Crippen LogP contribution in [0, 0.1) is 0 Å². The van der Waals surface area contributed by atoms with Crippen molar-refractivity contribution in [3.63, 3.8) is 0 Å². The predicted molar refractivity (Wildman–Crippen MR) is 112 cm³/mol. The van der Waals surface area contributed by atoms with Gasteiger partial charge in [0.05, 0.1) is 0 Å². The Morgan fingerprint density at radius 3 is 2.40 bits per heavy atom. The number of nitrogens with zero attached hydrogens (tertiary/aromatic N) is 2. The molecule has 4 rings (SSSR count). The van der Waals surface area contributed by atoms with Gasteiger partial charge in [0.1, 0.15) is 11.9 Å². The van der Waals surface area contributed by atoms with Gasteiger partial charge in [0, 0.05) is 5.56 Å². The van der Waals surface area contributed by atoms with E-state index in [1.807, 2.05) is 36.4 Å². The number of rotatable bonds is 6. The highest BCUT2D eigenvalue weighted by Crippen LogP contribution is 2.39. The number of nitrogens with two attached hydrogens (primary N) is 1. The van der Waals surface area contributed by atoms with E-state index in [0.29, 0.717) is 17.7 Å². The molecular weight excluding hydrogens is 382 g/mol. The molecule has 152 valence electrons. The van der Waals surface area contributed by atoms with Crippen molar-refractivity contribution in [2.24, 2.45) is 0 Å². The fourth-order valence-corrected chi connectivity index (χ4v) is 3.57. The molecule has 2 unspecified atom stereocenters. The van der Waals surface area contributed by atoms with Crippen molar-refractivity contribution in [3.05, 3.63) is 83.9 Å². The zero-order valence-electron chi connectivity index (χ0n) is 16.1. The average molecular weight is 403 g/mol. The van der Waals surface area contributed by atoms with Crippen molar-refractivity contribution >= 4 is 23.5 Å². The Bertz CT molecular complexity index is 1060. The number of fused-ring (bicyclic) bond motifs is 1. The molecule has 0 bridgehead atoms. The summed E-state index contributed by atoms with van der Waals surface area (Å²) in [5.74, 6) is -0.952. The van der Waals surface area contributed by atoms with Gasteiger partial charge in [-0.2, -0.15) is 0 Å². The van der Waals surface area contributed by atoms with E-state index in [1.54, 1.807) is 36.4 Å². The topological polar surface area (TPSA) is 106 Å².